The van der Waals surface area contributed by atoms with Crippen molar-refractivity contribution in [3.63, 3.8) is 0 Å². The zero-order chi connectivity index (χ0) is 12.1. The number of hydrogen-bond donors (Lipinski definition) is 1. The summed E-state index contributed by atoms with van der Waals surface area (Å²) in [5.41, 5.74) is 1.27. The second-order valence-corrected chi connectivity index (χ2v) is 4.80. The molecule has 0 radical (unpaired) electrons. The Hall–Kier alpha value is -1.15. The van der Waals surface area contributed by atoms with Crippen LogP contribution >= 0.6 is 0 Å². The van der Waals surface area contributed by atoms with E-state index in [1.54, 1.807) is 12.1 Å². The number of halogens is 1. The number of unbranched alkanes of at least 4 members (excludes halogenated alkanes) is 1. The standard InChI is InChI=1S/C15H20FN/c1-2-3-4-9-17-15-10-13(11-15)12-5-7-14(16)8-6-12/h2,5-8,13,15,17H,1,3-4,9-11H2. The van der Waals surface area contributed by atoms with Gasteiger partial charge in [-0.3, -0.25) is 0 Å². The van der Waals surface area contributed by atoms with Gasteiger partial charge < -0.3 is 5.32 Å². The fraction of sp³-hybridized carbons (Fsp3) is 0.467. The van der Waals surface area contributed by atoms with E-state index in [0.29, 0.717) is 12.0 Å². The van der Waals surface area contributed by atoms with E-state index in [9.17, 15) is 4.39 Å². The third-order valence-electron chi connectivity index (χ3n) is 3.50. The van der Waals surface area contributed by atoms with Crippen LogP contribution in [0.5, 0.6) is 0 Å². The number of allylic oxidation sites excluding steroid dienone is 1. The maximum atomic E-state index is 12.8. The van der Waals surface area contributed by atoms with Crippen molar-refractivity contribution in [2.24, 2.45) is 0 Å². The number of rotatable bonds is 6. The van der Waals surface area contributed by atoms with Gasteiger partial charge >= 0.3 is 0 Å². The van der Waals surface area contributed by atoms with E-state index in [-0.39, 0.29) is 5.82 Å². The first-order chi connectivity index (χ1) is 8.29. The van der Waals surface area contributed by atoms with Crippen molar-refractivity contribution in [2.75, 3.05) is 6.54 Å². The molecule has 0 aliphatic heterocycles. The highest BCUT2D eigenvalue weighted by atomic mass is 19.1. The van der Waals surface area contributed by atoms with Crippen LogP contribution in [0.3, 0.4) is 0 Å². The first-order valence-corrected chi connectivity index (χ1v) is 6.39. The van der Waals surface area contributed by atoms with Gasteiger partial charge in [0, 0.05) is 6.04 Å². The molecule has 1 fully saturated rings. The number of benzene rings is 1. The molecule has 0 spiro atoms. The molecule has 0 saturated heterocycles. The van der Waals surface area contributed by atoms with Crippen LogP contribution in [0.15, 0.2) is 36.9 Å². The minimum atomic E-state index is -0.146. The summed E-state index contributed by atoms with van der Waals surface area (Å²) in [6.45, 7) is 4.79. The van der Waals surface area contributed by atoms with Gasteiger partial charge in [-0.1, -0.05) is 18.2 Å². The monoisotopic (exact) mass is 233 g/mol. The predicted molar refractivity (Wildman–Crippen MR) is 69.6 cm³/mol. The Morgan fingerprint density at radius 3 is 2.65 bits per heavy atom. The SMILES string of the molecule is C=CCCCNC1CC(c2ccc(F)cc2)C1. The Morgan fingerprint density at radius 1 is 1.29 bits per heavy atom. The molecule has 1 saturated carbocycles. The van der Waals surface area contributed by atoms with Crippen LogP contribution < -0.4 is 5.32 Å². The van der Waals surface area contributed by atoms with E-state index in [4.69, 9.17) is 0 Å². The lowest BCUT2D eigenvalue weighted by atomic mass is 9.76. The van der Waals surface area contributed by atoms with Crippen LogP contribution in [0.2, 0.25) is 0 Å². The molecule has 0 amide bonds. The molecule has 1 aliphatic rings. The van der Waals surface area contributed by atoms with E-state index in [0.717, 1.165) is 13.0 Å². The molecular weight excluding hydrogens is 213 g/mol. The molecule has 1 aliphatic carbocycles. The predicted octanol–water partition coefficient (Wildman–Crippen LogP) is 3.63. The van der Waals surface area contributed by atoms with Crippen molar-refractivity contribution in [3.8, 4) is 0 Å². The summed E-state index contributed by atoms with van der Waals surface area (Å²) in [7, 11) is 0. The van der Waals surface area contributed by atoms with Gasteiger partial charge in [0.1, 0.15) is 5.82 Å². The maximum absolute atomic E-state index is 12.8. The Bertz CT molecular complexity index is 352. The lowest BCUT2D eigenvalue weighted by Crippen LogP contribution is -2.40. The second kappa shape index (κ2) is 5.97. The second-order valence-electron chi connectivity index (χ2n) is 4.80. The summed E-state index contributed by atoms with van der Waals surface area (Å²) >= 11 is 0. The van der Waals surface area contributed by atoms with Crippen LogP contribution in [0.1, 0.15) is 37.2 Å². The molecule has 0 atom stereocenters. The van der Waals surface area contributed by atoms with Crippen LogP contribution in [0.4, 0.5) is 4.39 Å². The molecule has 0 aromatic heterocycles. The van der Waals surface area contributed by atoms with Crippen molar-refractivity contribution in [1.82, 2.24) is 5.32 Å². The topological polar surface area (TPSA) is 12.0 Å². The maximum Gasteiger partial charge on any atom is 0.123 e. The minimum absolute atomic E-state index is 0.146. The zero-order valence-corrected chi connectivity index (χ0v) is 10.2. The molecule has 92 valence electrons. The third-order valence-corrected chi connectivity index (χ3v) is 3.50. The van der Waals surface area contributed by atoms with Gasteiger partial charge in [-0.05, 0) is 55.8 Å². The molecule has 1 nitrogen and oxygen atoms in total. The van der Waals surface area contributed by atoms with Crippen molar-refractivity contribution in [2.45, 2.75) is 37.6 Å². The van der Waals surface area contributed by atoms with E-state index < -0.39 is 0 Å². The van der Waals surface area contributed by atoms with Gasteiger partial charge in [0.2, 0.25) is 0 Å². The molecule has 1 aromatic rings. The van der Waals surface area contributed by atoms with Crippen molar-refractivity contribution >= 4 is 0 Å². The molecule has 0 heterocycles. The molecule has 1 aromatic carbocycles. The Kier molecular flexibility index (Phi) is 4.32. The van der Waals surface area contributed by atoms with Gasteiger partial charge in [-0.2, -0.15) is 0 Å². The van der Waals surface area contributed by atoms with Crippen LogP contribution in [-0.2, 0) is 0 Å². The molecule has 2 heteroatoms. The lowest BCUT2D eigenvalue weighted by Gasteiger charge is -2.36. The molecule has 1 N–H and O–H groups in total. The Morgan fingerprint density at radius 2 is 2.00 bits per heavy atom. The van der Waals surface area contributed by atoms with Crippen LogP contribution in [0, 0.1) is 5.82 Å². The summed E-state index contributed by atoms with van der Waals surface area (Å²) < 4.78 is 12.8. The number of hydrogen-bond acceptors (Lipinski definition) is 1. The van der Waals surface area contributed by atoms with Crippen molar-refractivity contribution in [3.05, 3.63) is 48.3 Å². The average molecular weight is 233 g/mol. The largest absolute Gasteiger partial charge is 0.314 e. The summed E-state index contributed by atoms with van der Waals surface area (Å²) in [5.74, 6) is 0.472. The first-order valence-electron chi connectivity index (χ1n) is 6.39. The van der Waals surface area contributed by atoms with E-state index in [1.807, 2.05) is 18.2 Å². The van der Waals surface area contributed by atoms with E-state index >= 15 is 0 Å². The Labute approximate surface area is 103 Å². The lowest BCUT2D eigenvalue weighted by molar-refractivity contribution is 0.291. The average Bonchev–Trinajstić information content (AvgIpc) is 2.28. The normalized spacial score (nSPS) is 23.1. The van der Waals surface area contributed by atoms with Crippen LogP contribution in [0.25, 0.3) is 0 Å². The number of nitrogens with one attached hydrogen (secondary N) is 1. The smallest absolute Gasteiger partial charge is 0.123 e. The Balaban J connectivity index is 1.68. The summed E-state index contributed by atoms with van der Waals surface area (Å²) in [6, 6.07) is 7.58. The van der Waals surface area contributed by atoms with Gasteiger partial charge in [-0.15, -0.1) is 6.58 Å². The van der Waals surface area contributed by atoms with Gasteiger partial charge in [0.05, 0.1) is 0 Å². The first kappa shape index (κ1) is 12.3. The van der Waals surface area contributed by atoms with Gasteiger partial charge in [0.25, 0.3) is 0 Å². The highest BCUT2D eigenvalue weighted by Crippen LogP contribution is 2.36. The van der Waals surface area contributed by atoms with Crippen molar-refractivity contribution in [1.29, 1.82) is 0 Å². The van der Waals surface area contributed by atoms with E-state index in [1.165, 1.54) is 24.8 Å². The zero-order valence-electron chi connectivity index (χ0n) is 10.2. The molecule has 17 heavy (non-hydrogen) atoms. The summed E-state index contributed by atoms with van der Waals surface area (Å²) in [4.78, 5) is 0. The highest BCUT2D eigenvalue weighted by molar-refractivity contribution is 5.23. The highest BCUT2D eigenvalue weighted by Gasteiger charge is 2.29. The fourth-order valence-electron chi connectivity index (χ4n) is 2.34. The molecule has 0 unspecified atom stereocenters. The molecular formula is C15H20FN. The summed E-state index contributed by atoms with van der Waals surface area (Å²) in [5, 5.41) is 3.54. The third kappa shape index (κ3) is 3.40. The van der Waals surface area contributed by atoms with Crippen LogP contribution in [-0.4, -0.2) is 12.6 Å². The van der Waals surface area contributed by atoms with E-state index in [2.05, 4.69) is 11.9 Å². The van der Waals surface area contributed by atoms with Crippen molar-refractivity contribution < 1.29 is 4.39 Å². The minimum Gasteiger partial charge on any atom is -0.314 e. The van der Waals surface area contributed by atoms with Gasteiger partial charge in [-0.25, -0.2) is 4.39 Å². The quantitative estimate of drug-likeness (QED) is 0.584. The fourth-order valence-corrected chi connectivity index (χ4v) is 2.34. The molecule has 2 rings (SSSR count). The molecule has 0 bridgehead atoms. The summed E-state index contributed by atoms with van der Waals surface area (Å²) in [6.07, 6.45) is 6.57. The van der Waals surface area contributed by atoms with Gasteiger partial charge in [0.15, 0.2) is 0 Å².